The maximum Gasteiger partial charge on any atom is 0.332 e. The first-order chi connectivity index (χ1) is 14.1. The van der Waals surface area contributed by atoms with Gasteiger partial charge in [0, 0.05) is 25.2 Å². The summed E-state index contributed by atoms with van der Waals surface area (Å²) in [4.78, 5) is 42.4. The maximum atomic E-state index is 12.8. The molecular weight excluding hydrogens is 366 g/mol. The molecule has 2 heterocycles. The van der Waals surface area contributed by atoms with E-state index >= 15 is 0 Å². The number of piperidine rings is 1. The summed E-state index contributed by atoms with van der Waals surface area (Å²) in [5.41, 5.74) is 1.58. The number of carbonyl (C=O) groups is 3. The van der Waals surface area contributed by atoms with Crippen LogP contribution in [0.1, 0.15) is 18.4 Å². The Balaban J connectivity index is 1.35. The molecule has 6 nitrogen and oxygen atoms in total. The average Bonchev–Trinajstić information content (AvgIpc) is 3.07. The summed E-state index contributed by atoms with van der Waals surface area (Å²) < 4.78 is 0. The molecule has 0 spiro atoms. The number of rotatable bonds is 4. The summed E-state index contributed by atoms with van der Waals surface area (Å²) in [6.45, 7) is 1.25. The molecule has 0 atom stereocenters. The van der Waals surface area contributed by atoms with Crippen molar-refractivity contribution in [3.63, 3.8) is 0 Å². The molecule has 148 valence electrons. The molecular formula is C23H23N3O3. The number of nitrogens with zero attached hydrogens (tertiary/aromatic N) is 3. The van der Waals surface area contributed by atoms with Crippen molar-refractivity contribution in [3.8, 4) is 0 Å². The highest BCUT2D eigenvalue weighted by molar-refractivity contribution is 6.19. The molecule has 0 aromatic heterocycles. The first-order valence-electron chi connectivity index (χ1n) is 9.84. The Morgan fingerprint density at radius 1 is 0.897 bits per heavy atom. The van der Waals surface area contributed by atoms with Crippen molar-refractivity contribution in [3.05, 3.63) is 72.3 Å². The fraction of sp³-hybridized carbons (Fsp3) is 0.261. The first-order valence-corrected chi connectivity index (χ1v) is 9.84. The van der Waals surface area contributed by atoms with Crippen LogP contribution in [0.3, 0.4) is 0 Å². The maximum absolute atomic E-state index is 12.8. The number of anilines is 1. The molecule has 0 N–H and O–H groups in total. The largest absolute Gasteiger partial charge is 0.339 e. The van der Waals surface area contributed by atoms with Crippen LogP contribution in [0, 0.1) is 0 Å². The Bertz CT molecular complexity index is 919. The lowest BCUT2D eigenvalue weighted by molar-refractivity contribution is -0.127. The highest BCUT2D eigenvalue weighted by atomic mass is 16.2. The zero-order chi connectivity index (χ0) is 20.2. The predicted molar refractivity (Wildman–Crippen MR) is 111 cm³/mol. The van der Waals surface area contributed by atoms with Crippen molar-refractivity contribution >= 4 is 29.6 Å². The monoisotopic (exact) mass is 389 g/mol. The normalized spacial score (nSPS) is 18.1. The Morgan fingerprint density at radius 3 is 2.17 bits per heavy atom. The Morgan fingerprint density at radius 2 is 1.52 bits per heavy atom. The third kappa shape index (κ3) is 4.06. The summed E-state index contributed by atoms with van der Waals surface area (Å²) in [6, 6.07) is 18.4. The number of para-hydroxylation sites is 1. The van der Waals surface area contributed by atoms with Gasteiger partial charge in [-0.2, -0.15) is 0 Å². The number of carbonyl (C=O) groups excluding carboxylic acids is 3. The van der Waals surface area contributed by atoms with E-state index in [1.807, 2.05) is 54.6 Å². The van der Waals surface area contributed by atoms with Gasteiger partial charge in [-0.1, -0.05) is 48.5 Å². The Hall–Kier alpha value is -3.41. The second kappa shape index (κ2) is 8.31. The summed E-state index contributed by atoms with van der Waals surface area (Å²) in [5.74, 6) is -0.229. The SMILES string of the molecule is O=C(/C=C/c1ccccc1)N1CCC(N2CC(=O)N(c3ccccc3)C2=O)CC1. The summed E-state index contributed by atoms with van der Waals surface area (Å²) in [7, 11) is 0. The highest BCUT2D eigenvalue weighted by Crippen LogP contribution is 2.26. The van der Waals surface area contributed by atoms with E-state index in [-0.39, 0.29) is 30.4 Å². The molecule has 2 fully saturated rings. The molecule has 2 aliphatic heterocycles. The van der Waals surface area contributed by atoms with Crippen molar-refractivity contribution in [2.45, 2.75) is 18.9 Å². The lowest BCUT2D eigenvalue weighted by Gasteiger charge is -2.35. The number of hydrogen-bond acceptors (Lipinski definition) is 3. The number of hydrogen-bond donors (Lipinski definition) is 0. The molecule has 4 rings (SSSR count). The number of urea groups is 1. The highest BCUT2D eigenvalue weighted by Gasteiger charge is 2.41. The molecule has 0 unspecified atom stereocenters. The van der Waals surface area contributed by atoms with Gasteiger partial charge in [0.15, 0.2) is 0 Å². The lowest BCUT2D eigenvalue weighted by Crippen LogP contribution is -2.47. The summed E-state index contributed by atoms with van der Waals surface area (Å²) in [6.07, 6.45) is 4.76. The van der Waals surface area contributed by atoms with E-state index < -0.39 is 0 Å². The Kier molecular flexibility index (Phi) is 5.42. The lowest BCUT2D eigenvalue weighted by atomic mass is 10.0. The van der Waals surface area contributed by atoms with Gasteiger partial charge in [-0.15, -0.1) is 0 Å². The fourth-order valence-corrected chi connectivity index (χ4v) is 3.87. The van der Waals surface area contributed by atoms with Crippen LogP contribution in [0.15, 0.2) is 66.7 Å². The van der Waals surface area contributed by atoms with Gasteiger partial charge in [-0.05, 0) is 36.6 Å². The first kappa shape index (κ1) is 18.9. The molecule has 2 aromatic rings. The van der Waals surface area contributed by atoms with Crippen LogP contribution >= 0.6 is 0 Å². The molecule has 0 aliphatic carbocycles. The van der Waals surface area contributed by atoms with E-state index in [1.165, 1.54) is 4.90 Å². The zero-order valence-electron chi connectivity index (χ0n) is 16.1. The molecule has 0 radical (unpaired) electrons. The molecule has 0 saturated carbocycles. The quantitative estimate of drug-likeness (QED) is 0.596. The second-order valence-electron chi connectivity index (χ2n) is 7.28. The smallest absolute Gasteiger partial charge is 0.332 e. The molecule has 4 amide bonds. The van der Waals surface area contributed by atoms with E-state index in [0.717, 1.165) is 5.56 Å². The minimum absolute atomic E-state index is 0.0256. The minimum Gasteiger partial charge on any atom is -0.339 e. The van der Waals surface area contributed by atoms with Gasteiger partial charge in [0.2, 0.25) is 5.91 Å². The van der Waals surface area contributed by atoms with Gasteiger partial charge in [0.1, 0.15) is 6.54 Å². The van der Waals surface area contributed by atoms with Crippen molar-refractivity contribution in [2.24, 2.45) is 0 Å². The van der Waals surface area contributed by atoms with Crippen LogP contribution in [-0.2, 0) is 9.59 Å². The van der Waals surface area contributed by atoms with Crippen LogP contribution in [0.2, 0.25) is 0 Å². The standard InChI is InChI=1S/C23H23N3O3/c27-21(12-11-18-7-3-1-4-8-18)24-15-13-19(14-16-24)25-17-22(28)26(23(25)29)20-9-5-2-6-10-20/h1-12,19H,13-17H2/b12-11+. The second-order valence-corrected chi connectivity index (χ2v) is 7.28. The van der Waals surface area contributed by atoms with Gasteiger partial charge in [-0.3, -0.25) is 9.59 Å². The van der Waals surface area contributed by atoms with Gasteiger partial charge >= 0.3 is 6.03 Å². The molecule has 2 aliphatic rings. The van der Waals surface area contributed by atoms with Crippen molar-refractivity contribution in [1.29, 1.82) is 0 Å². The van der Waals surface area contributed by atoms with E-state index in [9.17, 15) is 14.4 Å². The van der Waals surface area contributed by atoms with E-state index in [0.29, 0.717) is 31.6 Å². The molecule has 2 saturated heterocycles. The number of imide groups is 1. The predicted octanol–water partition coefficient (Wildman–Crippen LogP) is 3.16. The van der Waals surface area contributed by atoms with E-state index in [4.69, 9.17) is 0 Å². The van der Waals surface area contributed by atoms with Crippen LogP contribution in [0.5, 0.6) is 0 Å². The topological polar surface area (TPSA) is 60.9 Å². The minimum atomic E-state index is -0.269. The van der Waals surface area contributed by atoms with Crippen molar-refractivity contribution < 1.29 is 14.4 Å². The molecule has 0 bridgehead atoms. The van der Waals surface area contributed by atoms with Gasteiger partial charge in [0.25, 0.3) is 5.91 Å². The molecule has 29 heavy (non-hydrogen) atoms. The zero-order valence-corrected chi connectivity index (χ0v) is 16.1. The van der Waals surface area contributed by atoms with Crippen LogP contribution in [-0.4, -0.2) is 53.3 Å². The van der Waals surface area contributed by atoms with Crippen LogP contribution in [0.4, 0.5) is 10.5 Å². The summed E-state index contributed by atoms with van der Waals surface area (Å²) >= 11 is 0. The Labute approximate surface area is 170 Å². The number of amides is 4. The van der Waals surface area contributed by atoms with E-state index in [2.05, 4.69) is 0 Å². The van der Waals surface area contributed by atoms with Gasteiger partial charge in [0.05, 0.1) is 5.69 Å². The number of likely N-dealkylation sites (tertiary alicyclic amines) is 1. The fourth-order valence-electron chi connectivity index (χ4n) is 3.87. The van der Waals surface area contributed by atoms with Crippen molar-refractivity contribution in [2.75, 3.05) is 24.5 Å². The third-order valence-electron chi connectivity index (χ3n) is 5.44. The average molecular weight is 389 g/mol. The third-order valence-corrected chi connectivity index (χ3v) is 5.44. The number of benzene rings is 2. The van der Waals surface area contributed by atoms with Crippen molar-refractivity contribution in [1.82, 2.24) is 9.80 Å². The summed E-state index contributed by atoms with van der Waals surface area (Å²) in [5, 5.41) is 0. The van der Waals surface area contributed by atoms with E-state index in [1.54, 1.807) is 28.0 Å². The molecule has 6 heteroatoms. The van der Waals surface area contributed by atoms with Crippen LogP contribution in [0.25, 0.3) is 6.08 Å². The molecule has 2 aromatic carbocycles. The van der Waals surface area contributed by atoms with Gasteiger partial charge in [-0.25, -0.2) is 9.69 Å². The van der Waals surface area contributed by atoms with Gasteiger partial charge < -0.3 is 9.80 Å². The van der Waals surface area contributed by atoms with Crippen LogP contribution < -0.4 is 4.90 Å².